The van der Waals surface area contributed by atoms with Crippen molar-refractivity contribution in [1.82, 2.24) is 20.2 Å². The summed E-state index contributed by atoms with van der Waals surface area (Å²) in [5.74, 6) is 1.03. The molecule has 1 aromatic heterocycles. The summed E-state index contributed by atoms with van der Waals surface area (Å²) < 4.78 is 0. The van der Waals surface area contributed by atoms with Gasteiger partial charge in [-0.1, -0.05) is 45.0 Å². The van der Waals surface area contributed by atoms with E-state index in [1.807, 2.05) is 6.07 Å². The van der Waals surface area contributed by atoms with Crippen LogP contribution in [-0.2, 0) is 17.8 Å². The van der Waals surface area contributed by atoms with Crippen molar-refractivity contribution in [2.24, 2.45) is 11.3 Å². The van der Waals surface area contributed by atoms with Gasteiger partial charge in [0.25, 0.3) is 0 Å². The Morgan fingerprint density at radius 2 is 1.74 bits per heavy atom. The molecule has 2 aliphatic rings. The number of fused-ring (bicyclic) bond motifs is 1. The minimum atomic E-state index is 0.00516. The first-order valence-corrected chi connectivity index (χ1v) is 11.5. The highest BCUT2D eigenvalue weighted by Crippen LogP contribution is 2.26. The number of hydrogen-bond acceptors (Lipinski definition) is 5. The van der Waals surface area contributed by atoms with Gasteiger partial charge >= 0.3 is 0 Å². The molecule has 1 atom stereocenters. The zero-order chi connectivity index (χ0) is 21.8. The van der Waals surface area contributed by atoms with E-state index in [1.165, 1.54) is 11.1 Å². The average Bonchev–Trinajstić information content (AvgIpc) is 2.78. The lowest BCUT2D eigenvalue weighted by Crippen LogP contribution is -2.53. The fourth-order valence-electron chi connectivity index (χ4n) is 4.59. The monoisotopic (exact) mass is 421 g/mol. The van der Waals surface area contributed by atoms with Crippen molar-refractivity contribution < 1.29 is 4.79 Å². The molecule has 0 saturated carbocycles. The van der Waals surface area contributed by atoms with Gasteiger partial charge in [-0.05, 0) is 41.9 Å². The Balaban J connectivity index is 1.34. The Bertz CT molecular complexity index is 871. The van der Waals surface area contributed by atoms with Crippen LogP contribution < -0.4 is 10.2 Å². The molecule has 31 heavy (non-hydrogen) atoms. The molecular formula is C25H35N5O. The normalized spacial score (nSPS) is 19.0. The SMILES string of the molecule is CC(C)(C)C(CN1CCc2ccccc2C1)NC(=O)C1CCN(c2ncccn2)CC1. The first-order valence-electron chi connectivity index (χ1n) is 11.5. The van der Waals surface area contributed by atoms with E-state index in [2.05, 4.69) is 70.1 Å². The molecule has 1 fully saturated rings. The summed E-state index contributed by atoms with van der Waals surface area (Å²) in [6, 6.07) is 10.7. The van der Waals surface area contributed by atoms with Crippen LogP contribution in [0.4, 0.5) is 5.95 Å². The Kier molecular flexibility index (Phi) is 6.56. The predicted molar refractivity (Wildman–Crippen MR) is 124 cm³/mol. The zero-order valence-corrected chi connectivity index (χ0v) is 19.1. The lowest BCUT2D eigenvalue weighted by atomic mass is 9.85. The lowest BCUT2D eigenvalue weighted by molar-refractivity contribution is -0.127. The third-order valence-corrected chi connectivity index (χ3v) is 6.71. The van der Waals surface area contributed by atoms with E-state index in [1.54, 1.807) is 12.4 Å². The molecule has 2 aliphatic heterocycles. The number of amides is 1. The number of benzene rings is 1. The summed E-state index contributed by atoms with van der Waals surface area (Å²) in [6.07, 6.45) is 6.32. The molecule has 0 bridgehead atoms. The maximum absolute atomic E-state index is 13.2. The van der Waals surface area contributed by atoms with Crippen LogP contribution in [0.25, 0.3) is 0 Å². The van der Waals surface area contributed by atoms with Gasteiger partial charge in [-0.15, -0.1) is 0 Å². The number of rotatable bonds is 5. The maximum atomic E-state index is 13.2. The van der Waals surface area contributed by atoms with Crippen molar-refractivity contribution in [2.75, 3.05) is 31.1 Å². The van der Waals surface area contributed by atoms with Crippen molar-refractivity contribution >= 4 is 11.9 Å². The van der Waals surface area contributed by atoms with Gasteiger partial charge in [-0.25, -0.2) is 9.97 Å². The van der Waals surface area contributed by atoms with Crippen LogP contribution in [0, 0.1) is 11.3 Å². The molecule has 6 nitrogen and oxygen atoms in total. The molecule has 6 heteroatoms. The first-order chi connectivity index (χ1) is 14.9. The highest BCUT2D eigenvalue weighted by molar-refractivity contribution is 5.79. The van der Waals surface area contributed by atoms with Crippen molar-refractivity contribution in [3.63, 3.8) is 0 Å². The van der Waals surface area contributed by atoms with Crippen LogP contribution >= 0.6 is 0 Å². The van der Waals surface area contributed by atoms with Gasteiger partial charge in [0, 0.05) is 57.1 Å². The fourth-order valence-corrected chi connectivity index (χ4v) is 4.59. The highest BCUT2D eigenvalue weighted by Gasteiger charge is 2.33. The number of nitrogens with zero attached hydrogens (tertiary/aromatic N) is 4. The van der Waals surface area contributed by atoms with Gasteiger partial charge in [-0.2, -0.15) is 0 Å². The standard InChI is InChI=1S/C25H35N5O/c1-25(2,3)22(18-29-14-9-19-7-4-5-8-21(19)17-29)28-23(31)20-10-15-30(16-11-20)24-26-12-6-13-27-24/h4-8,12-13,20,22H,9-11,14-18H2,1-3H3,(H,28,31). The second-order valence-electron chi connectivity index (χ2n) is 9.99. The summed E-state index contributed by atoms with van der Waals surface area (Å²) in [6.45, 7) is 11.2. The number of piperidine rings is 1. The largest absolute Gasteiger partial charge is 0.351 e. The first kappa shape index (κ1) is 21.8. The lowest BCUT2D eigenvalue weighted by Gasteiger charge is -2.39. The van der Waals surface area contributed by atoms with E-state index in [0.717, 1.165) is 57.9 Å². The second kappa shape index (κ2) is 9.35. The Labute approximate surface area is 186 Å². The molecule has 0 radical (unpaired) electrons. The molecule has 0 spiro atoms. The summed E-state index contributed by atoms with van der Waals surface area (Å²) in [5.41, 5.74) is 2.89. The van der Waals surface area contributed by atoms with Gasteiger partial charge in [0.05, 0.1) is 0 Å². The quantitative estimate of drug-likeness (QED) is 0.803. The minimum Gasteiger partial charge on any atom is -0.351 e. The Morgan fingerprint density at radius 3 is 2.42 bits per heavy atom. The van der Waals surface area contributed by atoms with Crippen molar-refractivity contribution in [1.29, 1.82) is 0 Å². The van der Waals surface area contributed by atoms with Crippen LogP contribution in [0.1, 0.15) is 44.7 Å². The third kappa shape index (κ3) is 5.42. The smallest absolute Gasteiger partial charge is 0.225 e. The van der Waals surface area contributed by atoms with Crippen molar-refractivity contribution in [2.45, 2.75) is 52.6 Å². The van der Waals surface area contributed by atoms with Crippen LogP contribution in [0.3, 0.4) is 0 Å². The van der Waals surface area contributed by atoms with E-state index in [4.69, 9.17) is 0 Å². The molecule has 166 valence electrons. The molecule has 2 aromatic rings. The summed E-state index contributed by atoms with van der Waals surface area (Å²) in [5, 5.41) is 3.42. The predicted octanol–water partition coefficient (Wildman–Crippen LogP) is 3.28. The van der Waals surface area contributed by atoms with E-state index < -0.39 is 0 Å². The average molecular weight is 422 g/mol. The molecule has 1 aromatic carbocycles. The van der Waals surface area contributed by atoms with Gasteiger partial charge in [0.15, 0.2) is 0 Å². The fraction of sp³-hybridized carbons (Fsp3) is 0.560. The molecule has 4 rings (SSSR count). The van der Waals surface area contributed by atoms with E-state index in [9.17, 15) is 4.79 Å². The third-order valence-electron chi connectivity index (χ3n) is 6.71. The number of anilines is 1. The number of nitrogens with one attached hydrogen (secondary N) is 1. The van der Waals surface area contributed by atoms with Gasteiger partial charge in [0.2, 0.25) is 11.9 Å². The van der Waals surface area contributed by atoms with Crippen LogP contribution in [-0.4, -0.2) is 53.0 Å². The Hall–Kier alpha value is -2.47. The van der Waals surface area contributed by atoms with Gasteiger partial charge < -0.3 is 10.2 Å². The molecule has 1 saturated heterocycles. The number of carbonyl (C=O) groups excluding carboxylic acids is 1. The number of aromatic nitrogens is 2. The summed E-state index contributed by atoms with van der Waals surface area (Å²) >= 11 is 0. The Morgan fingerprint density at radius 1 is 1.06 bits per heavy atom. The molecule has 1 amide bonds. The minimum absolute atomic E-state index is 0.00516. The van der Waals surface area contributed by atoms with E-state index in [-0.39, 0.29) is 23.3 Å². The van der Waals surface area contributed by atoms with E-state index >= 15 is 0 Å². The van der Waals surface area contributed by atoms with Gasteiger partial charge in [-0.3, -0.25) is 9.69 Å². The molecule has 0 aliphatic carbocycles. The molecule has 3 heterocycles. The number of hydrogen-bond donors (Lipinski definition) is 1. The second-order valence-corrected chi connectivity index (χ2v) is 9.99. The van der Waals surface area contributed by atoms with E-state index in [0.29, 0.717) is 0 Å². The highest BCUT2D eigenvalue weighted by atomic mass is 16.2. The van der Waals surface area contributed by atoms with Gasteiger partial charge in [0.1, 0.15) is 0 Å². The van der Waals surface area contributed by atoms with Crippen LogP contribution in [0.5, 0.6) is 0 Å². The number of carbonyl (C=O) groups is 1. The van der Waals surface area contributed by atoms with Crippen LogP contribution in [0.15, 0.2) is 42.7 Å². The van der Waals surface area contributed by atoms with Crippen molar-refractivity contribution in [3.8, 4) is 0 Å². The van der Waals surface area contributed by atoms with Crippen LogP contribution in [0.2, 0.25) is 0 Å². The maximum Gasteiger partial charge on any atom is 0.225 e. The molecular weight excluding hydrogens is 386 g/mol. The topological polar surface area (TPSA) is 61.4 Å². The molecule has 1 N–H and O–H groups in total. The summed E-state index contributed by atoms with van der Waals surface area (Å²) in [4.78, 5) is 26.5. The molecule has 1 unspecified atom stereocenters. The summed E-state index contributed by atoms with van der Waals surface area (Å²) in [7, 11) is 0. The van der Waals surface area contributed by atoms with Crippen molar-refractivity contribution in [3.05, 3.63) is 53.9 Å². The zero-order valence-electron chi connectivity index (χ0n) is 19.1.